The first-order chi connectivity index (χ1) is 17.2. The third kappa shape index (κ3) is 3.52. The Bertz CT molecular complexity index is 1600. The minimum absolute atomic E-state index is 0.108. The van der Waals surface area contributed by atoms with Crippen LogP contribution in [0.5, 0.6) is 11.6 Å². The lowest BCUT2D eigenvalue weighted by Crippen LogP contribution is -1.97. The van der Waals surface area contributed by atoms with Crippen molar-refractivity contribution < 1.29 is 9.84 Å². The molecule has 3 heterocycles. The Morgan fingerprint density at radius 2 is 1.49 bits per heavy atom. The molecule has 0 saturated carbocycles. The molecule has 6 nitrogen and oxygen atoms in total. The fourth-order valence-electron chi connectivity index (χ4n) is 4.46. The largest absolute Gasteiger partial charge is 0.497 e. The molecular weight excluding hydrogens is 436 g/mol. The van der Waals surface area contributed by atoms with Gasteiger partial charge in [-0.2, -0.15) is 5.10 Å². The summed E-state index contributed by atoms with van der Waals surface area (Å²) < 4.78 is 7.18. The number of hydrogen-bond donors (Lipinski definition) is 2. The van der Waals surface area contributed by atoms with Crippen LogP contribution in [-0.4, -0.2) is 32.0 Å². The highest BCUT2D eigenvalue weighted by Gasteiger charge is 2.25. The number of methoxy groups -OCH3 is 1. The van der Waals surface area contributed by atoms with E-state index in [9.17, 15) is 5.11 Å². The number of nitrogens with zero attached hydrogens (tertiary/aromatic N) is 3. The summed E-state index contributed by atoms with van der Waals surface area (Å²) in [5.41, 5.74) is 6.86. The maximum absolute atomic E-state index is 11.4. The van der Waals surface area contributed by atoms with Gasteiger partial charge in [0.05, 0.1) is 23.9 Å². The third-order valence-electron chi connectivity index (χ3n) is 6.16. The van der Waals surface area contributed by atoms with Crippen LogP contribution in [0, 0.1) is 0 Å². The van der Waals surface area contributed by atoms with Crippen molar-refractivity contribution in [1.29, 1.82) is 0 Å². The van der Waals surface area contributed by atoms with E-state index < -0.39 is 0 Å². The first kappa shape index (κ1) is 20.7. The van der Waals surface area contributed by atoms with E-state index in [1.54, 1.807) is 13.3 Å². The fraction of sp³-hybridized carbons (Fsp3) is 0.0345. The van der Waals surface area contributed by atoms with E-state index in [0.717, 1.165) is 50.6 Å². The summed E-state index contributed by atoms with van der Waals surface area (Å²) in [7, 11) is 1.65. The Hall–Kier alpha value is -4.84. The van der Waals surface area contributed by atoms with Crippen LogP contribution in [0.2, 0.25) is 0 Å². The molecule has 2 N–H and O–H groups in total. The standard InChI is InChI=1S/C29H22N4O2/c1-35-23-16-12-20(13-17-23)26-25-27(32-31-26)29(34)33(28(25)21-7-3-2-4-8-21)22-14-10-19(11-15-22)24-9-5-6-18-30-24/h2-18,32,34H,1H3. The van der Waals surface area contributed by atoms with Crippen LogP contribution in [0.15, 0.2) is 103 Å². The van der Waals surface area contributed by atoms with Crippen molar-refractivity contribution in [2.45, 2.75) is 0 Å². The number of pyridine rings is 1. The Balaban J connectivity index is 1.57. The van der Waals surface area contributed by atoms with Crippen molar-refractivity contribution in [3.8, 4) is 51.1 Å². The molecule has 0 fully saturated rings. The van der Waals surface area contributed by atoms with Gasteiger partial charge in [-0.05, 0) is 54.1 Å². The molecule has 6 heteroatoms. The number of benzene rings is 3. The zero-order valence-corrected chi connectivity index (χ0v) is 19.0. The smallest absolute Gasteiger partial charge is 0.222 e. The highest BCUT2D eigenvalue weighted by atomic mass is 16.5. The van der Waals surface area contributed by atoms with Gasteiger partial charge < -0.3 is 9.84 Å². The second kappa shape index (κ2) is 8.50. The second-order valence-corrected chi connectivity index (χ2v) is 8.19. The number of aromatic hydroxyl groups is 1. The minimum atomic E-state index is 0.108. The summed E-state index contributed by atoms with van der Waals surface area (Å²) in [6.45, 7) is 0. The summed E-state index contributed by atoms with van der Waals surface area (Å²) in [5.74, 6) is 0.883. The van der Waals surface area contributed by atoms with E-state index in [-0.39, 0.29) is 5.88 Å². The van der Waals surface area contributed by atoms with E-state index in [1.165, 1.54) is 0 Å². The Morgan fingerprint density at radius 1 is 0.771 bits per heavy atom. The van der Waals surface area contributed by atoms with Crippen LogP contribution in [0.4, 0.5) is 0 Å². The number of fused-ring (bicyclic) bond motifs is 1. The summed E-state index contributed by atoms with van der Waals surface area (Å²) in [5, 5.41) is 19.9. The first-order valence-electron chi connectivity index (χ1n) is 11.3. The lowest BCUT2D eigenvalue weighted by Gasteiger charge is -2.13. The lowest BCUT2D eigenvalue weighted by molar-refractivity contribution is 0.415. The zero-order chi connectivity index (χ0) is 23.8. The molecule has 0 amide bonds. The number of rotatable bonds is 5. The number of H-pyrrole nitrogens is 1. The molecule has 0 bridgehead atoms. The van der Waals surface area contributed by atoms with Crippen molar-refractivity contribution in [2.24, 2.45) is 0 Å². The molecule has 35 heavy (non-hydrogen) atoms. The van der Waals surface area contributed by atoms with Crippen LogP contribution in [-0.2, 0) is 0 Å². The predicted octanol–water partition coefficient (Wildman–Crippen LogP) is 6.46. The molecule has 0 saturated heterocycles. The number of aromatic amines is 1. The third-order valence-corrected chi connectivity index (χ3v) is 6.16. The van der Waals surface area contributed by atoms with Crippen molar-refractivity contribution in [1.82, 2.24) is 19.7 Å². The van der Waals surface area contributed by atoms with Crippen molar-refractivity contribution in [3.63, 3.8) is 0 Å². The molecule has 0 radical (unpaired) electrons. The normalized spacial score (nSPS) is 11.1. The van der Waals surface area contributed by atoms with Crippen LogP contribution in [0.3, 0.4) is 0 Å². The Kier molecular flexibility index (Phi) is 5.04. The monoisotopic (exact) mass is 458 g/mol. The van der Waals surface area contributed by atoms with Gasteiger partial charge in [-0.3, -0.25) is 14.6 Å². The van der Waals surface area contributed by atoms with Crippen LogP contribution in [0.25, 0.3) is 50.4 Å². The van der Waals surface area contributed by atoms with E-state index in [0.29, 0.717) is 5.52 Å². The van der Waals surface area contributed by atoms with Gasteiger partial charge >= 0.3 is 0 Å². The molecule has 3 aromatic heterocycles. The van der Waals surface area contributed by atoms with Gasteiger partial charge in [0.15, 0.2) is 0 Å². The van der Waals surface area contributed by atoms with Gasteiger partial charge in [-0.1, -0.05) is 48.5 Å². The minimum Gasteiger partial charge on any atom is -0.497 e. The summed E-state index contributed by atoms with van der Waals surface area (Å²) in [6.07, 6.45) is 1.78. The highest BCUT2D eigenvalue weighted by Crippen LogP contribution is 2.43. The van der Waals surface area contributed by atoms with Gasteiger partial charge in [-0.15, -0.1) is 0 Å². The second-order valence-electron chi connectivity index (χ2n) is 8.19. The van der Waals surface area contributed by atoms with Crippen molar-refractivity contribution in [3.05, 3.63) is 103 Å². The van der Waals surface area contributed by atoms with Crippen molar-refractivity contribution in [2.75, 3.05) is 7.11 Å². The summed E-state index contributed by atoms with van der Waals surface area (Å²) >= 11 is 0. The summed E-state index contributed by atoms with van der Waals surface area (Å²) in [4.78, 5) is 4.44. The van der Waals surface area contributed by atoms with Gasteiger partial charge in [0, 0.05) is 23.0 Å². The molecule has 6 rings (SSSR count). The van der Waals surface area contributed by atoms with E-state index in [4.69, 9.17) is 4.74 Å². The molecule has 0 aliphatic carbocycles. The van der Waals surface area contributed by atoms with Crippen LogP contribution >= 0.6 is 0 Å². The van der Waals surface area contributed by atoms with E-state index in [1.807, 2.05) is 102 Å². The van der Waals surface area contributed by atoms with Gasteiger partial charge in [0.1, 0.15) is 17.0 Å². The molecule has 0 aliphatic heterocycles. The quantitative estimate of drug-likeness (QED) is 0.311. The molecule has 3 aromatic carbocycles. The maximum Gasteiger partial charge on any atom is 0.222 e. The van der Waals surface area contributed by atoms with E-state index >= 15 is 0 Å². The molecule has 0 aliphatic rings. The van der Waals surface area contributed by atoms with Crippen LogP contribution in [0.1, 0.15) is 0 Å². The maximum atomic E-state index is 11.4. The molecule has 0 spiro atoms. The van der Waals surface area contributed by atoms with Crippen molar-refractivity contribution >= 4 is 10.9 Å². The Morgan fingerprint density at radius 3 is 2.17 bits per heavy atom. The zero-order valence-electron chi connectivity index (χ0n) is 19.0. The van der Waals surface area contributed by atoms with E-state index in [2.05, 4.69) is 15.2 Å². The van der Waals surface area contributed by atoms with Crippen LogP contribution < -0.4 is 4.74 Å². The highest BCUT2D eigenvalue weighted by molar-refractivity contribution is 6.07. The van der Waals surface area contributed by atoms with Gasteiger partial charge in [0.25, 0.3) is 0 Å². The average Bonchev–Trinajstić information content (AvgIpc) is 3.49. The van der Waals surface area contributed by atoms with Gasteiger partial charge in [-0.25, -0.2) is 0 Å². The topological polar surface area (TPSA) is 76.0 Å². The number of hydrogen-bond acceptors (Lipinski definition) is 4. The van der Waals surface area contributed by atoms with Gasteiger partial charge in [0.2, 0.25) is 5.88 Å². The first-order valence-corrected chi connectivity index (χ1v) is 11.3. The molecule has 0 unspecified atom stereocenters. The SMILES string of the molecule is COc1ccc(-c2n[nH]c3c(O)n(-c4ccc(-c5ccccn5)cc4)c(-c4ccccc4)c23)cc1. The molecular formula is C29H22N4O2. The number of nitrogens with one attached hydrogen (secondary N) is 1. The summed E-state index contributed by atoms with van der Waals surface area (Å²) in [6, 6.07) is 31.7. The number of ether oxygens (including phenoxy) is 1. The molecule has 6 aromatic rings. The Labute approximate surface area is 202 Å². The molecule has 0 atom stereocenters. The fourth-order valence-corrected chi connectivity index (χ4v) is 4.46. The lowest BCUT2D eigenvalue weighted by atomic mass is 10.0. The molecule has 170 valence electrons. The number of aromatic nitrogens is 4. The average molecular weight is 459 g/mol. The predicted molar refractivity (Wildman–Crippen MR) is 138 cm³/mol.